The number of hydrogen-bond acceptors (Lipinski definition) is 3. The van der Waals surface area contributed by atoms with E-state index in [0.29, 0.717) is 12.5 Å². The highest BCUT2D eigenvalue weighted by Gasteiger charge is 2.30. The quantitative estimate of drug-likeness (QED) is 0.852. The Morgan fingerprint density at radius 1 is 1.38 bits per heavy atom. The molecule has 2 rings (SSSR count). The van der Waals surface area contributed by atoms with E-state index in [2.05, 4.69) is 26.0 Å². The molecule has 1 aromatic carbocycles. The second-order valence-corrected chi connectivity index (χ2v) is 7.00. The summed E-state index contributed by atoms with van der Waals surface area (Å²) in [6.07, 6.45) is 0.460. The van der Waals surface area contributed by atoms with E-state index in [1.54, 1.807) is 4.90 Å². The average molecular weight is 290 g/mol. The van der Waals surface area contributed by atoms with Crippen molar-refractivity contribution in [3.05, 3.63) is 29.3 Å². The highest BCUT2D eigenvalue weighted by molar-refractivity contribution is 5.89. The lowest BCUT2D eigenvalue weighted by atomic mass is 9.92. The van der Waals surface area contributed by atoms with Crippen LogP contribution in [0.2, 0.25) is 0 Å². The van der Waals surface area contributed by atoms with E-state index < -0.39 is 5.60 Å². The molecule has 0 saturated carbocycles. The van der Waals surface area contributed by atoms with Gasteiger partial charge in [0.2, 0.25) is 0 Å². The molecule has 0 fully saturated rings. The van der Waals surface area contributed by atoms with Crippen molar-refractivity contribution in [3.63, 3.8) is 0 Å². The lowest BCUT2D eigenvalue weighted by Gasteiger charge is -2.34. The zero-order chi connectivity index (χ0) is 15.8. The van der Waals surface area contributed by atoms with Gasteiger partial charge >= 0.3 is 6.09 Å². The second kappa shape index (κ2) is 5.68. The Balaban J connectivity index is 2.34. The molecule has 21 heavy (non-hydrogen) atoms. The number of amides is 1. The van der Waals surface area contributed by atoms with Crippen LogP contribution in [0.1, 0.15) is 64.1 Å². The predicted molar refractivity (Wildman–Crippen MR) is 85.7 cm³/mol. The largest absolute Gasteiger partial charge is 0.443 e. The Labute approximate surface area is 127 Å². The van der Waals surface area contributed by atoms with Crippen LogP contribution < -0.4 is 10.6 Å². The molecule has 0 aromatic heterocycles. The van der Waals surface area contributed by atoms with Gasteiger partial charge in [0.25, 0.3) is 0 Å². The third-order valence-corrected chi connectivity index (χ3v) is 3.69. The molecule has 0 spiro atoms. The van der Waals surface area contributed by atoms with Crippen molar-refractivity contribution < 1.29 is 9.53 Å². The van der Waals surface area contributed by atoms with Crippen LogP contribution in [-0.4, -0.2) is 18.2 Å². The maximum atomic E-state index is 12.4. The van der Waals surface area contributed by atoms with Gasteiger partial charge in [-0.15, -0.1) is 0 Å². The first-order chi connectivity index (χ1) is 9.69. The van der Waals surface area contributed by atoms with Crippen molar-refractivity contribution in [1.82, 2.24) is 0 Å². The molecule has 1 amide bonds. The van der Waals surface area contributed by atoms with E-state index in [0.717, 1.165) is 17.7 Å². The number of nitrogens with two attached hydrogens (primary N) is 1. The summed E-state index contributed by atoms with van der Waals surface area (Å²) in [6.45, 7) is 10.5. The Bertz CT molecular complexity index is 532. The fraction of sp³-hybridized carbons (Fsp3) is 0.588. The Kier molecular flexibility index (Phi) is 4.28. The van der Waals surface area contributed by atoms with Crippen LogP contribution in [0.15, 0.2) is 18.2 Å². The standard InChI is InChI=1S/C17H26N2O2/c1-11(2)12-6-7-15-13(10-12)14(18)8-9-19(15)16(20)21-17(3,4)5/h6-7,10-11,14H,8-9,18H2,1-5H3. The highest BCUT2D eigenvalue weighted by Crippen LogP contribution is 2.35. The lowest BCUT2D eigenvalue weighted by molar-refractivity contribution is 0.0576. The summed E-state index contributed by atoms with van der Waals surface area (Å²) in [5, 5.41) is 0. The summed E-state index contributed by atoms with van der Waals surface area (Å²) < 4.78 is 5.49. The van der Waals surface area contributed by atoms with Crippen molar-refractivity contribution in [3.8, 4) is 0 Å². The van der Waals surface area contributed by atoms with E-state index in [-0.39, 0.29) is 12.1 Å². The minimum atomic E-state index is -0.491. The van der Waals surface area contributed by atoms with Crippen LogP contribution in [-0.2, 0) is 4.74 Å². The van der Waals surface area contributed by atoms with Gasteiger partial charge in [0.05, 0.1) is 5.69 Å². The van der Waals surface area contributed by atoms with Gasteiger partial charge in [-0.1, -0.05) is 26.0 Å². The van der Waals surface area contributed by atoms with E-state index in [9.17, 15) is 4.79 Å². The Morgan fingerprint density at radius 2 is 2.05 bits per heavy atom. The normalized spacial score (nSPS) is 18.6. The lowest BCUT2D eigenvalue weighted by Crippen LogP contribution is -2.41. The third-order valence-electron chi connectivity index (χ3n) is 3.69. The molecule has 1 aliphatic heterocycles. The summed E-state index contributed by atoms with van der Waals surface area (Å²) in [5.74, 6) is 0.444. The topological polar surface area (TPSA) is 55.6 Å². The number of carbonyl (C=O) groups excluding carboxylic acids is 1. The van der Waals surface area contributed by atoms with Crippen molar-refractivity contribution in [1.29, 1.82) is 0 Å². The first kappa shape index (κ1) is 15.8. The number of fused-ring (bicyclic) bond motifs is 1. The Hall–Kier alpha value is -1.55. The molecule has 4 heteroatoms. The van der Waals surface area contributed by atoms with Gasteiger partial charge < -0.3 is 10.5 Å². The second-order valence-electron chi connectivity index (χ2n) is 7.00. The van der Waals surface area contributed by atoms with Gasteiger partial charge in [0.15, 0.2) is 0 Å². The molecule has 116 valence electrons. The zero-order valence-corrected chi connectivity index (χ0v) is 13.6. The molecule has 1 heterocycles. The van der Waals surface area contributed by atoms with E-state index >= 15 is 0 Å². The summed E-state index contributed by atoms with van der Waals surface area (Å²) in [5.41, 5.74) is 8.90. The minimum Gasteiger partial charge on any atom is -0.443 e. The molecule has 4 nitrogen and oxygen atoms in total. The summed E-state index contributed by atoms with van der Waals surface area (Å²) in [6, 6.07) is 6.17. The fourth-order valence-electron chi connectivity index (χ4n) is 2.53. The smallest absolute Gasteiger partial charge is 0.414 e. The van der Waals surface area contributed by atoms with Crippen molar-refractivity contribution in [2.45, 2.75) is 58.6 Å². The van der Waals surface area contributed by atoms with Gasteiger partial charge in [-0.2, -0.15) is 0 Å². The molecule has 0 aliphatic carbocycles. The third kappa shape index (κ3) is 3.56. The SMILES string of the molecule is CC(C)c1ccc2c(c1)C(N)CCN2C(=O)OC(C)(C)C. The van der Waals surface area contributed by atoms with E-state index in [1.807, 2.05) is 26.8 Å². The van der Waals surface area contributed by atoms with Crippen LogP contribution in [0.5, 0.6) is 0 Å². The Morgan fingerprint density at radius 3 is 2.62 bits per heavy atom. The van der Waals surface area contributed by atoms with E-state index in [4.69, 9.17) is 10.5 Å². The van der Waals surface area contributed by atoms with Crippen molar-refractivity contribution in [2.75, 3.05) is 11.4 Å². The average Bonchev–Trinajstić information content (AvgIpc) is 2.36. The molecule has 1 atom stereocenters. The monoisotopic (exact) mass is 290 g/mol. The first-order valence-electron chi connectivity index (χ1n) is 7.59. The zero-order valence-electron chi connectivity index (χ0n) is 13.6. The van der Waals surface area contributed by atoms with E-state index in [1.165, 1.54) is 5.56 Å². The van der Waals surface area contributed by atoms with Crippen LogP contribution in [0.3, 0.4) is 0 Å². The fourth-order valence-corrected chi connectivity index (χ4v) is 2.53. The van der Waals surface area contributed by atoms with Gasteiger partial charge in [-0.05, 0) is 50.3 Å². The van der Waals surface area contributed by atoms with Crippen LogP contribution in [0, 0.1) is 0 Å². The molecule has 0 bridgehead atoms. The summed E-state index contributed by atoms with van der Waals surface area (Å²) in [4.78, 5) is 14.1. The summed E-state index contributed by atoms with van der Waals surface area (Å²) >= 11 is 0. The van der Waals surface area contributed by atoms with Crippen LogP contribution in [0.4, 0.5) is 10.5 Å². The molecule has 1 aliphatic rings. The predicted octanol–water partition coefficient (Wildman–Crippen LogP) is 3.96. The molecule has 0 radical (unpaired) electrons. The first-order valence-corrected chi connectivity index (χ1v) is 7.59. The van der Waals surface area contributed by atoms with Gasteiger partial charge in [0.1, 0.15) is 5.60 Å². The number of anilines is 1. The molecule has 1 unspecified atom stereocenters. The van der Waals surface area contributed by atoms with Gasteiger partial charge in [-0.25, -0.2) is 4.79 Å². The van der Waals surface area contributed by atoms with Crippen molar-refractivity contribution in [2.24, 2.45) is 5.73 Å². The summed E-state index contributed by atoms with van der Waals surface area (Å²) in [7, 11) is 0. The molecular weight excluding hydrogens is 264 g/mol. The van der Waals surface area contributed by atoms with Gasteiger partial charge in [-0.3, -0.25) is 4.90 Å². The number of ether oxygens (including phenoxy) is 1. The van der Waals surface area contributed by atoms with Crippen molar-refractivity contribution >= 4 is 11.8 Å². The number of benzene rings is 1. The maximum absolute atomic E-state index is 12.4. The van der Waals surface area contributed by atoms with Crippen LogP contribution >= 0.6 is 0 Å². The number of hydrogen-bond donors (Lipinski definition) is 1. The molecular formula is C17H26N2O2. The van der Waals surface area contributed by atoms with Crippen LogP contribution in [0.25, 0.3) is 0 Å². The number of rotatable bonds is 1. The number of nitrogens with zero attached hydrogens (tertiary/aromatic N) is 1. The van der Waals surface area contributed by atoms with Gasteiger partial charge in [0, 0.05) is 12.6 Å². The minimum absolute atomic E-state index is 0.0163. The molecule has 0 saturated heterocycles. The molecule has 2 N–H and O–H groups in total. The number of carbonyl (C=O) groups is 1. The maximum Gasteiger partial charge on any atom is 0.414 e. The molecule has 1 aromatic rings. The highest BCUT2D eigenvalue weighted by atomic mass is 16.6.